The van der Waals surface area contributed by atoms with Crippen LogP contribution in [0.5, 0.6) is 5.75 Å². The van der Waals surface area contributed by atoms with Crippen molar-refractivity contribution in [2.75, 3.05) is 33.8 Å². The normalized spacial score (nSPS) is 10.8. The standard InChI is InChI=1S/C16H28N2O/c1-12-11-16(19-5)14(3)13(2)15(12)7-10-18-9-6-8-17-4/h11,17-18H,6-10H2,1-5H3. The Labute approximate surface area is 117 Å². The van der Waals surface area contributed by atoms with Crippen molar-refractivity contribution >= 4 is 0 Å². The van der Waals surface area contributed by atoms with Crippen LogP contribution in [0.25, 0.3) is 0 Å². The van der Waals surface area contributed by atoms with E-state index in [1.54, 1.807) is 7.11 Å². The van der Waals surface area contributed by atoms with Crippen molar-refractivity contribution in [1.82, 2.24) is 10.6 Å². The van der Waals surface area contributed by atoms with Crippen LogP contribution in [-0.2, 0) is 6.42 Å². The average Bonchev–Trinajstić information content (AvgIpc) is 2.41. The molecule has 0 unspecified atom stereocenters. The SMILES string of the molecule is CNCCCNCCc1c(C)cc(OC)c(C)c1C. The fourth-order valence-electron chi connectivity index (χ4n) is 2.42. The average molecular weight is 264 g/mol. The molecule has 0 heterocycles. The smallest absolute Gasteiger partial charge is 0.122 e. The van der Waals surface area contributed by atoms with E-state index in [0.29, 0.717) is 0 Å². The van der Waals surface area contributed by atoms with Gasteiger partial charge in [0.2, 0.25) is 0 Å². The molecule has 19 heavy (non-hydrogen) atoms. The van der Waals surface area contributed by atoms with Crippen LogP contribution in [-0.4, -0.2) is 33.8 Å². The Balaban J connectivity index is 2.56. The van der Waals surface area contributed by atoms with Gasteiger partial charge in [-0.3, -0.25) is 0 Å². The van der Waals surface area contributed by atoms with E-state index >= 15 is 0 Å². The fraction of sp³-hybridized carbons (Fsp3) is 0.625. The van der Waals surface area contributed by atoms with Crippen molar-refractivity contribution in [3.05, 3.63) is 28.3 Å². The number of ether oxygens (including phenoxy) is 1. The van der Waals surface area contributed by atoms with Crippen LogP contribution in [0.3, 0.4) is 0 Å². The van der Waals surface area contributed by atoms with Gasteiger partial charge in [0.1, 0.15) is 5.75 Å². The van der Waals surface area contributed by atoms with E-state index in [2.05, 4.69) is 37.5 Å². The van der Waals surface area contributed by atoms with Crippen molar-refractivity contribution in [3.8, 4) is 5.75 Å². The van der Waals surface area contributed by atoms with Gasteiger partial charge >= 0.3 is 0 Å². The van der Waals surface area contributed by atoms with Gasteiger partial charge in [-0.15, -0.1) is 0 Å². The third kappa shape index (κ3) is 4.51. The molecule has 0 saturated heterocycles. The fourth-order valence-corrected chi connectivity index (χ4v) is 2.42. The van der Waals surface area contributed by atoms with Gasteiger partial charge in [0, 0.05) is 0 Å². The summed E-state index contributed by atoms with van der Waals surface area (Å²) < 4.78 is 5.41. The quantitative estimate of drug-likeness (QED) is 0.707. The Morgan fingerprint density at radius 1 is 1.05 bits per heavy atom. The maximum absolute atomic E-state index is 5.41. The summed E-state index contributed by atoms with van der Waals surface area (Å²) in [5.41, 5.74) is 5.42. The molecule has 0 atom stereocenters. The molecular weight excluding hydrogens is 236 g/mol. The van der Waals surface area contributed by atoms with Crippen LogP contribution in [0.15, 0.2) is 6.07 Å². The van der Waals surface area contributed by atoms with Crippen molar-refractivity contribution in [1.29, 1.82) is 0 Å². The molecule has 1 aromatic carbocycles. The molecule has 1 rings (SSSR count). The monoisotopic (exact) mass is 264 g/mol. The topological polar surface area (TPSA) is 33.3 Å². The van der Waals surface area contributed by atoms with Gasteiger partial charge in [0.15, 0.2) is 0 Å². The van der Waals surface area contributed by atoms with Gasteiger partial charge in [-0.1, -0.05) is 0 Å². The van der Waals surface area contributed by atoms with Crippen LogP contribution in [0.4, 0.5) is 0 Å². The molecule has 3 heteroatoms. The van der Waals surface area contributed by atoms with E-state index in [1.165, 1.54) is 28.7 Å². The Morgan fingerprint density at radius 3 is 2.42 bits per heavy atom. The molecule has 108 valence electrons. The Morgan fingerprint density at radius 2 is 1.79 bits per heavy atom. The number of hydrogen-bond acceptors (Lipinski definition) is 3. The minimum Gasteiger partial charge on any atom is -0.496 e. The van der Waals surface area contributed by atoms with E-state index in [9.17, 15) is 0 Å². The van der Waals surface area contributed by atoms with Crippen LogP contribution < -0.4 is 15.4 Å². The summed E-state index contributed by atoms with van der Waals surface area (Å²) in [6, 6.07) is 2.15. The Kier molecular flexibility index (Phi) is 6.89. The lowest BCUT2D eigenvalue weighted by Crippen LogP contribution is -2.22. The Bertz CT molecular complexity index is 402. The first-order valence-corrected chi connectivity index (χ1v) is 7.10. The van der Waals surface area contributed by atoms with Crippen LogP contribution >= 0.6 is 0 Å². The number of methoxy groups -OCH3 is 1. The zero-order valence-electron chi connectivity index (χ0n) is 13.0. The van der Waals surface area contributed by atoms with Crippen molar-refractivity contribution in [3.63, 3.8) is 0 Å². The molecule has 0 amide bonds. The molecule has 0 bridgehead atoms. The second-order valence-corrected chi connectivity index (χ2v) is 5.08. The maximum Gasteiger partial charge on any atom is 0.122 e. The van der Waals surface area contributed by atoms with Crippen molar-refractivity contribution in [2.45, 2.75) is 33.6 Å². The molecule has 0 aliphatic rings. The van der Waals surface area contributed by atoms with E-state index in [1.807, 2.05) is 7.05 Å². The van der Waals surface area contributed by atoms with E-state index < -0.39 is 0 Å². The summed E-state index contributed by atoms with van der Waals surface area (Å²) in [6.07, 6.45) is 2.26. The summed E-state index contributed by atoms with van der Waals surface area (Å²) >= 11 is 0. The van der Waals surface area contributed by atoms with Gasteiger partial charge in [-0.25, -0.2) is 0 Å². The minimum absolute atomic E-state index is 1.00. The molecule has 2 N–H and O–H groups in total. The lowest BCUT2D eigenvalue weighted by molar-refractivity contribution is 0.410. The molecule has 0 spiro atoms. The highest BCUT2D eigenvalue weighted by atomic mass is 16.5. The van der Waals surface area contributed by atoms with Gasteiger partial charge in [-0.05, 0) is 88.6 Å². The highest BCUT2D eigenvalue weighted by Gasteiger charge is 2.10. The van der Waals surface area contributed by atoms with Gasteiger partial charge < -0.3 is 15.4 Å². The molecule has 1 aromatic rings. The van der Waals surface area contributed by atoms with Crippen LogP contribution in [0.2, 0.25) is 0 Å². The highest BCUT2D eigenvalue weighted by Crippen LogP contribution is 2.27. The Hall–Kier alpha value is -1.06. The van der Waals surface area contributed by atoms with Gasteiger partial charge in [-0.2, -0.15) is 0 Å². The van der Waals surface area contributed by atoms with E-state index in [-0.39, 0.29) is 0 Å². The first-order chi connectivity index (χ1) is 9.11. The number of rotatable bonds is 8. The lowest BCUT2D eigenvalue weighted by atomic mass is 9.95. The second-order valence-electron chi connectivity index (χ2n) is 5.08. The van der Waals surface area contributed by atoms with Crippen LogP contribution in [0, 0.1) is 20.8 Å². The molecule has 0 radical (unpaired) electrons. The summed E-state index contributed by atoms with van der Waals surface area (Å²) in [4.78, 5) is 0. The third-order valence-electron chi connectivity index (χ3n) is 3.76. The predicted octanol–water partition coefficient (Wildman–Crippen LogP) is 2.36. The lowest BCUT2D eigenvalue weighted by Gasteiger charge is -2.16. The number of hydrogen-bond donors (Lipinski definition) is 2. The van der Waals surface area contributed by atoms with E-state index in [0.717, 1.165) is 31.8 Å². The molecule has 0 aliphatic heterocycles. The largest absolute Gasteiger partial charge is 0.496 e. The van der Waals surface area contributed by atoms with E-state index in [4.69, 9.17) is 4.74 Å². The third-order valence-corrected chi connectivity index (χ3v) is 3.76. The zero-order chi connectivity index (χ0) is 14.3. The molecule has 0 fully saturated rings. The zero-order valence-corrected chi connectivity index (χ0v) is 13.0. The number of nitrogens with one attached hydrogen (secondary N) is 2. The molecule has 0 saturated carbocycles. The predicted molar refractivity (Wildman–Crippen MR) is 82.3 cm³/mol. The van der Waals surface area contributed by atoms with Crippen molar-refractivity contribution in [2.24, 2.45) is 0 Å². The summed E-state index contributed by atoms with van der Waals surface area (Å²) in [6.45, 7) is 9.70. The number of aryl methyl sites for hydroxylation is 1. The summed E-state index contributed by atoms with van der Waals surface area (Å²) in [5, 5.41) is 6.66. The minimum atomic E-state index is 1.00. The summed E-state index contributed by atoms with van der Waals surface area (Å²) in [7, 11) is 3.73. The van der Waals surface area contributed by atoms with Crippen LogP contribution in [0.1, 0.15) is 28.7 Å². The molecule has 0 aliphatic carbocycles. The second kappa shape index (κ2) is 8.18. The molecular formula is C16H28N2O. The maximum atomic E-state index is 5.41. The summed E-state index contributed by atoms with van der Waals surface area (Å²) in [5.74, 6) is 1.00. The first-order valence-electron chi connectivity index (χ1n) is 7.10. The van der Waals surface area contributed by atoms with Gasteiger partial charge in [0.25, 0.3) is 0 Å². The van der Waals surface area contributed by atoms with Gasteiger partial charge in [0.05, 0.1) is 7.11 Å². The number of benzene rings is 1. The van der Waals surface area contributed by atoms with Crippen molar-refractivity contribution < 1.29 is 4.74 Å². The first kappa shape index (κ1) is 16.0. The molecule has 3 nitrogen and oxygen atoms in total. The molecule has 0 aromatic heterocycles. The highest BCUT2D eigenvalue weighted by molar-refractivity contribution is 5.48.